The first-order chi connectivity index (χ1) is 8.70. The second-order valence-electron chi connectivity index (χ2n) is 6.98. The molecule has 0 spiro atoms. The molecule has 19 heavy (non-hydrogen) atoms. The van der Waals surface area contributed by atoms with Crippen molar-refractivity contribution in [1.29, 1.82) is 0 Å². The van der Waals surface area contributed by atoms with Crippen molar-refractivity contribution < 1.29 is 14.7 Å². The summed E-state index contributed by atoms with van der Waals surface area (Å²) in [5.41, 5.74) is -0.240. The van der Waals surface area contributed by atoms with Gasteiger partial charge in [-0.25, -0.2) is 0 Å². The Balaban J connectivity index is 2.58. The molecule has 4 heteroatoms. The van der Waals surface area contributed by atoms with Crippen LogP contribution in [0.4, 0.5) is 0 Å². The van der Waals surface area contributed by atoms with Crippen LogP contribution in [0.1, 0.15) is 59.8 Å². The summed E-state index contributed by atoms with van der Waals surface area (Å²) in [6.07, 6.45) is 4.03. The molecule has 4 nitrogen and oxygen atoms in total. The highest BCUT2D eigenvalue weighted by molar-refractivity contribution is 5.80. The zero-order chi connectivity index (χ0) is 14.6. The third kappa shape index (κ3) is 5.21. The number of rotatable bonds is 4. The predicted octanol–water partition coefficient (Wildman–Crippen LogP) is 2.82. The molecule has 0 saturated heterocycles. The van der Waals surface area contributed by atoms with Crippen LogP contribution in [0.25, 0.3) is 0 Å². The normalized spacial score (nSPS) is 25.7. The van der Waals surface area contributed by atoms with Gasteiger partial charge in [-0.2, -0.15) is 0 Å². The monoisotopic (exact) mass is 269 g/mol. The van der Waals surface area contributed by atoms with Crippen molar-refractivity contribution in [3.8, 4) is 0 Å². The maximum atomic E-state index is 12.2. The smallest absolute Gasteiger partial charge is 0.305 e. The first-order valence-electron chi connectivity index (χ1n) is 7.22. The average Bonchev–Trinajstić information content (AvgIpc) is 2.27. The fraction of sp³-hybridized carbons (Fsp3) is 0.867. The van der Waals surface area contributed by atoms with Crippen molar-refractivity contribution >= 4 is 11.9 Å². The van der Waals surface area contributed by atoms with E-state index in [9.17, 15) is 9.59 Å². The van der Waals surface area contributed by atoms with E-state index in [1.54, 1.807) is 0 Å². The van der Waals surface area contributed by atoms with Crippen molar-refractivity contribution in [3.63, 3.8) is 0 Å². The van der Waals surface area contributed by atoms with Crippen molar-refractivity contribution in [2.24, 2.45) is 17.3 Å². The van der Waals surface area contributed by atoms with Gasteiger partial charge in [0.15, 0.2) is 0 Å². The first-order valence-corrected chi connectivity index (χ1v) is 7.22. The van der Waals surface area contributed by atoms with Gasteiger partial charge in [-0.05, 0) is 37.0 Å². The maximum absolute atomic E-state index is 12.2. The molecule has 2 N–H and O–H groups in total. The van der Waals surface area contributed by atoms with E-state index in [0.29, 0.717) is 5.92 Å². The molecule has 110 valence electrons. The number of nitrogens with one attached hydrogen (secondary N) is 1. The first kappa shape index (κ1) is 16.0. The standard InChI is InChI=1S/C15H27NO3/c1-10-5-7-11(8-6-10)14(19)16-12(9-13(17)18)15(2,3)4/h10-12H,5-9H2,1-4H3,(H,16,19)(H,17,18). The van der Waals surface area contributed by atoms with Crippen LogP contribution in [0.2, 0.25) is 0 Å². The molecular formula is C15H27NO3. The van der Waals surface area contributed by atoms with Crippen LogP contribution in [0.3, 0.4) is 0 Å². The number of carboxylic acid groups (broad SMARTS) is 1. The second kappa shape index (κ2) is 6.40. The van der Waals surface area contributed by atoms with E-state index in [0.717, 1.165) is 25.7 Å². The van der Waals surface area contributed by atoms with E-state index in [4.69, 9.17) is 5.11 Å². The zero-order valence-electron chi connectivity index (χ0n) is 12.5. The molecule has 0 bridgehead atoms. The van der Waals surface area contributed by atoms with E-state index in [2.05, 4.69) is 12.2 Å². The van der Waals surface area contributed by atoms with Gasteiger partial charge in [-0.15, -0.1) is 0 Å². The van der Waals surface area contributed by atoms with E-state index in [-0.39, 0.29) is 29.7 Å². The van der Waals surface area contributed by atoms with E-state index in [1.807, 2.05) is 20.8 Å². The Labute approximate surface area is 116 Å². The third-order valence-electron chi connectivity index (χ3n) is 4.13. The summed E-state index contributed by atoms with van der Waals surface area (Å²) in [7, 11) is 0. The number of amides is 1. The Morgan fingerprint density at radius 3 is 2.16 bits per heavy atom. The van der Waals surface area contributed by atoms with E-state index in [1.165, 1.54) is 0 Å². The van der Waals surface area contributed by atoms with Gasteiger partial charge >= 0.3 is 5.97 Å². The largest absolute Gasteiger partial charge is 0.481 e. The number of carboxylic acids is 1. The summed E-state index contributed by atoms with van der Waals surface area (Å²) >= 11 is 0. The number of carbonyl (C=O) groups excluding carboxylic acids is 1. The van der Waals surface area contributed by atoms with Crippen LogP contribution in [0.5, 0.6) is 0 Å². The van der Waals surface area contributed by atoms with E-state index >= 15 is 0 Å². The Kier molecular flexibility index (Phi) is 5.39. The van der Waals surface area contributed by atoms with Gasteiger partial charge < -0.3 is 10.4 Å². The molecule has 0 aliphatic heterocycles. The number of carbonyl (C=O) groups is 2. The quantitative estimate of drug-likeness (QED) is 0.824. The lowest BCUT2D eigenvalue weighted by Gasteiger charge is -2.33. The Morgan fingerprint density at radius 1 is 1.21 bits per heavy atom. The molecule has 0 aromatic rings. The highest BCUT2D eigenvalue weighted by Crippen LogP contribution is 2.29. The number of hydrogen-bond donors (Lipinski definition) is 2. The fourth-order valence-electron chi connectivity index (χ4n) is 2.56. The molecule has 1 saturated carbocycles. The molecule has 1 unspecified atom stereocenters. The van der Waals surface area contributed by atoms with Crippen LogP contribution >= 0.6 is 0 Å². The summed E-state index contributed by atoms with van der Waals surface area (Å²) in [5, 5.41) is 11.9. The molecular weight excluding hydrogens is 242 g/mol. The van der Waals surface area contributed by atoms with Gasteiger partial charge in [0.1, 0.15) is 0 Å². The highest BCUT2D eigenvalue weighted by Gasteiger charge is 2.31. The average molecular weight is 269 g/mol. The molecule has 1 fully saturated rings. The summed E-state index contributed by atoms with van der Waals surface area (Å²) in [6.45, 7) is 8.11. The molecule has 1 atom stereocenters. The minimum atomic E-state index is -0.863. The van der Waals surface area contributed by atoms with Crippen molar-refractivity contribution in [1.82, 2.24) is 5.32 Å². The van der Waals surface area contributed by atoms with Crippen LogP contribution < -0.4 is 5.32 Å². The topological polar surface area (TPSA) is 66.4 Å². The van der Waals surface area contributed by atoms with Gasteiger partial charge in [0.25, 0.3) is 0 Å². The summed E-state index contributed by atoms with van der Waals surface area (Å²) < 4.78 is 0. The molecule has 0 aromatic heterocycles. The van der Waals surface area contributed by atoms with Crippen LogP contribution in [-0.2, 0) is 9.59 Å². The predicted molar refractivity (Wildman–Crippen MR) is 74.8 cm³/mol. The lowest BCUT2D eigenvalue weighted by molar-refractivity contribution is -0.138. The molecule has 0 radical (unpaired) electrons. The minimum Gasteiger partial charge on any atom is -0.481 e. The van der Waals surface area contributed by atoms with Crippen molar-refractivity contribution in [3.05, 3.63) is 0 Å². The number of hydrogen-bond acceptors (Lipinski definition) is 2. The SMILES string of the molecule is CC1CCC(C(=O)NC(CC(=O)O)C(C)(C)C)CC1. The van der Waals surface area contributed by atoms with Gasteiger partial charge in [0.05, 0.1) is 6.42 Å². The summed E-state index contributed by atoms with van der Waals surface area (Å²) in [6, 6.07) is -0.308. The van der Waals surface area contributed by atoms with Gasteiger partial charge in [0, 0.05) is 12.0 Å². The lowest BCUT2D eigenvalue weighted by Crippen LogP contribution is -2.47. The van der Waals surface area contributed by atoms with Gasteiger partial charge in [-0.1, -0.05) is 27.7 Å². The van der Waals surface area contributed by atoms with E-state index < -0.39 is 5.97 Å². The molecule has 1 aliphatic carbocycles. The maximum Gasteiger partial charge on any atom is 0.305 e. The molecule has 0 heterocycles. The van der Waals surface area contributed by atoms with Crippen LogP contribution in [-0.4, -0.2) is 23.0 Å². The molecule has 1 aliphatic rings. The number of aliphatic carboxylic acids is 1. The zero-order valence-corrected chi connectivity index (χ0v) is 12.5. The van der Waals surface area contributed by atoms with Crippen molar-refractivity contribution in [2.45, 2.75) is 65.8 Å². The fourth-order valence-corrected chi connectivity index (χ4v) is 2.56. The van der Waals surface area contributed by atoms with Gasteiger partial charge in [-0.3, -0.25) is 9.59 Å². The van der Waals surface area contributed by atoms with Crippen LogP contribution in [0, 0.1) is 17.3 Å². The molecule has 0 aromatic carbocycles. The summed E-state index contributed by atoms with van der Waals surface area (Å²) in [4.78, 5) is 23.1. The lowest BCUT2D eigenvalue weighted by atomic mass is 9.81. The van der Waals surface area contributed by atoms with Gasteiger partial charge in [0.2, 0.25) is 5.91 Å². The Bertz CT molecular complexity index is 325. The molecule has 1 amide bonds. The Hall–Kier alpha value is -1.06. The second-order valence-corrected chi connectivity index (χ2v) is 6.98. The Morgan fingerprint density at radius 2 is 1.74 bits per heavy atom. The highest BCUT2D eigenvalue weighted by atomic mass is 16.4. The van der Waals surface area contributed by atoms with Crippen LogP contribution in [0.15, 0.2) is 0 Å². The minimum absolute atomic E-state index is 0.0155. The molecule has 1 rings (SSSR count). The van der Waals surface area contributed by atoms with Crippen molar-refractivity contribution in [2.75, 3.05) is 0 Å². The third-order valence-corrected chi connectivity index (χ3v) is 4.13. The summed E-state index contributed by atoms with van der Waals surface area (Å²) in [5.74, 6) is -0.0538.